The first-order valence-corrected chi connectivity index (χ1v) is 11.7. The summed E-state index contributed by atoms with van der Waals surface area (Å²) in [5.41, 5.74) is -0.342. The van der Waals surface area contributed by atoms with Gasteiger partial charge in [0.2, 0.25) is 10.0 Å². The molecule has 0 saturated carbocycles. The highest BCUT2D eigenvalue weighted by atomic mass is 32.2. The molecule has 1 fully saturated rings. The first-order valence-electron chi connectivity index (χ1n) is 10.2. The number of benzene rings is 1. The second-order valence-electron chi connectivity index (χ2n) is 7.44. The Bertz CT molecular complexity index is 939. The number of nitrogens with one attached hydrogen (secondary N) is 1. The Morgan fingerprint density at radius 3 is 2.13 bits per heavy atom. The molecule has 0 atom stereocenters. The second-order valence-corrected chi connectivity index (χ2v) is 9.38. The Balaban J connectivity index is 2.15. The van der Waals surface area contributed by atoms with Crippen molar-refractivity contribution in [1.82, 2.24) is 19.4 Å². The molecule has 1 heterocycles. The van der Waals surface area contributed by atoms with Gasteiger partial charge in [0.05, 0.1) is 10.5 Å². The third kappa shape index (κ3) is 5.59. The summed E-state index contributed by atoms with van der Waals surface area (Å²) in [6, 6.07) is 2.99. The number of halogens is 1. The van der Waals surface area contributed by atoms with Crippen LogP contribution in [0.2, 0.25) is 0 Å². The van der Waals surface area contributed by atoms with Crippen LogP contribution >= 0.6 is 0 Å². The fraction of sp³-hybridized carbons (Fsp3) is 0.550. The fourth-order valence-electron chi connectivity index (χ4n) is 3.29. The van der Waals surface area contributed by atoms with E-state index in [1.165, 1.54) is 14.1 Å². The standard InChI is InChI=1S/C20H29FN4O5S/c1-5-25(6-2)31(29,30)15-7-8-17(21)16(13-15)19(27)23-9-11-24(12-10-23)20(28)18(26)22-14(3)4/h7-8,13-14H,5-6,9-12H2,1-4H3,(H,22,26). The van der Waals surface area contributed by atoms with Crippen LogP contribution in [-0.2, 0) is 19.6 Å². The first kappa shape index (κ1) is 24.7. The number of hydrogen-bond donors (Lipinski definition) is 1. The van der Waals surface area contributed by atoms with Gasteiger partial charge in [-0.25, -0.2) is 12.8 Å². The van der Waals surface area contributed by atoms with E-state index >= 15 is 0 Å². The third-order valence-electron chi connectivity index (χ3n) is 4.98. The van der Waals surface area contributed by atoms with Crippen LogP contribution in [0.3, 0.4) is 0 Å². The molecule has 0 radical (unpaired) electrons. The van der Waals surface area contributed by atoms with Crippen molar-refractivity contribution in [3.63, 3.8) is 0 Å². The van der Waals surface area contributed by atoms with Crippen LogP contribution in [-0.4, -0.2) is 85.6 Å². The Morgan fingerprint density at radius 1 is 1.06 bits per heavy atom. The molecule has 2 rings (SSSR count). The highest BCUT2D eigenvalue weighted by Crippen LogP contribution is 2.21. The van der Waals surface area contributed by atoms with Crippen LogP contribution in [0, 0.1) is 5.82 Å². The van der Waals surface area contributed by atoms with Gasteiger partial charge in [0, 0.05) is 45.3 Å². The molecule has 1 aliphatic rings. The molecule has 11 heteroatoms. The third-order valence-corrected chi connectivity index (χ3v) is 7.03. The lowest BCUT2D eigenvalue weighted by molar-refractivity contribution is -0.147. The molecule has 1 aromatic carbocycles. The smallest absolute Gasteiger partial charge is 0.312 e. The summed E-state index contributed by atoms with van der Waals surface area (Å²) in [6.45, 7) is 7.81. The molecule has 31 heavy (non-hydrogen) atoms. The van der Waals surface area contributed by atoms with Crippen molar-refractivity contribution in [3.8, 4) is 0 Å². The van der Waals surface area contributed by atoms with Gasteiger partial charge < -0.3 is 15.1 Å². The van der Waals surface area contributed by atoms with Crippen molar-refractivity contribution in [2.75, 3.05) is 39.3 Å². The van der Waals surface area contributed by atoms with E-state index in [-0.39, 0.29) is 55.8 Å². The summed E-state index contributed by atoms with van der Waals surface area (Å²) in [7, 11) is -3.85. The summed E-state index contributed by atoms with van der Waals surface area (Å²) in [5, 5.41) is 2.52. The van der Waals surface area contributed by atoms with Crippen molar-refractivity contribution in [3.05, 3.63) is 29.6 Å². The van der Waals surface area contributed by atoms with Crippen LogP contribution in [0.1, 0.15) is 38.1 Å². The topological polar surface area (TPSA) is 107 Å². The molecule has 0 unspecified atom stereocenters. The van der Waals surface area contributed by atoms with E-state index < -0.39 is 33.6 Å². The van der Waals surface area contributed by atoms with Crippen molar-refractivity contribution >= 4 is 27.7 Å². The first-order chi connectivity index (χ1) is 14.5. The van der Waals surface area contributed by atoms with Gasteiger partial charge in [-0.15, -0.1) is 0 Å². The Hall–Kier alpha value is -2.53. The largest absolute Gasteiger partial charge is 0.346 e. The predicted octanol–water partition coefficient (Wildman–Crippen LogP) is 0.665. The SMILES string of the molecule is CCN(CC)S(=O)(=O)c1ccc(F)c(C(=O)N2CCN(C(=O)C(=O)NC(C)C)CC2)c1. The number of nitrogens with zero attached hydrogens (tertiary/aromatic N) is 3. The zero-order chi connectivity index (χ0) is 23.3. The Kier molecular flexibility index (Phi) is 8.13. The van der Waals surface area contributed by atoms with Crippen LogP contribution in [0.15, 0.2) is 23.1 Å². The Labute approximate surface area is 182 Å². The summed E-state index contributed by atoms with van der Waals surface area (Å²) >= 11 is 0. The molecule has 0 bridgehead atoms. The quantitative estimate of drug-likeness (QED) is 0.633. The second kappa shape index (κ2) is 10.2. The van der Waals surface area contributed by atoms with Crippen LogP contribution < -0.4 is 5.32 Å². The molecular weight excluding hydrogens is 427 g/mol. The van der Waals surface area contributed by atoms with Gasteiger partial charge >= 0.3 is 11.8 Å². The summed E-state index contributed by atoms with van der Waals surface area (Å²) in [5.74, 6) is -2.87. The molecule has 1 N–H and O–H groups in total. The molecule has 0 aliphatic carbocycles. The van der Waals surface area contributed by atoms with E-state index in [0.29, 0.717) is 0 Å². The molecule has 9 nitrogen and oxygen atoms in total. The monoisotopic (exact) mass is 456 g/mol. The average Bonchev–Trinajstić information content (AvgIpc) is 2.73. The zero-order valence-corrected chi connectivity index (χ0v) is 19.0. The van der Waals surface area contributed by atoms with Crippen LogP contribution in [0.4, 0.5) is 4.39 Å². The minimum absolute atomic E-state index is 0.103. The van der Waals surface area contributed by atoms with E-state index in [4.69, 9.17) is 0 Å². The Morgan fingerprint density at radius 2 is 1.61 bits per heavy atom. The highest BCUT2D eigenvalue weighted by Gasteiger charge is 2.30. The van der Waals surface area contributed by atoms with Crippen LogP contribution in [0.5, 0.6) is 0 Å². The molecule has 3 amide bonds. The van der Waals surface area contributed by atoms with Crippen molar-refractivity contribution in [2.45, 2.75) is 38.6 Å². The summed E-state index contributed by atoms with van der Waals surface area (Å²) in [6.07, 6.45) is 0. The fourth-order valence-corrected chi connectivity index (χ4v) is 4.78. The number of amides is 3. The van der Waals surface area contributed by atoms with Crippen LogP contribution in [0.25, 0.3) is 0 Å². The molecule has 1 aromatic rings. The van der Waals surface area contributed by atoms with Gasteiger partial charge in [0.25, 0.3) is 5.91 Å². The maximum atomic E-state index is 14.4. The maximum Gasteiger partial charge on any atom is 0.312 e. The number of piperazine rings is 1. The molecular formula is C20H29FN4O5S. The summed E-state index contributed by atoms with van der Waals surface area (Å²) in [4.78, 5) is 39.4. The van der Waals surface area contributed by atoms with Gasteiger partial charge in [0.15, 0.2) is 0 Å². The van der Waals surface area contributed by atoms with Gasteiger partial charge in [-0.05, 0) is 32.0 Å². The lowest BCUT2D eigenvalue weighted by atomic mass is 10.1. The number of hydrogen-bond acceptors (Lipinski definition) is 5. The van der Waals surface area contributed by atoms with Gasteiger partial charge in [-0.2, -0.15) is 4.31 Å². The number of carbonyl (C=O) groups is 3. The molecule has 172 valence electrons. The predicted molar refractivity (Wildman–Crippen MR) is 112 cm³/mol. The molecule has 0 spiro atoms. The lowest BCUT2D eigenvalue weighted by Gasteiger charge is -2.34. The normalized spacial score (nSPS) is 14.8. The molecule has 1 aliphatic heterocycles. The number of rotatable bonds is 6. The average molecular weight is 457 g/mol. The lowest BCUT2D eigenvalue weighted by Crippen LogP contribution is -2.54. The molecule has 1 saturated heterocycles. The van der Waals surface area contributed by atoms with E-state index in [9.17, 15) is 27.2 Å². The van der Waals surface area contributed by atoms with E-state index in [0.717, 1.165) is 18.2 Å². The van der Waals surface area contributed by atoms with E-state index in [2.05, 4.69) is 5.32 Å². The number of sulfonamides is 1. The number of carbonyl (C=O) groups excluding carboxylic acids is 3. The van der Waals surface area contributed by atoms with Gasteiger partial charge in [0.1, 0.15) is 5.82 Å². The zero-order valence-electron chi connectivity index (χ0n) is 18.2. The van der Waals surface area contributed by atoms with E-state index in [1.807, 2.05) is 0 Å². The van der Waals surface area contributed by atoms with Crippen molar-refractivity contribution in [1.29, 1.82) is 0 Å². The minimum atomic E-state index is -3.85. The van der Waals surface area contributed by atoms with E-state index in [1.54, 1.807) is 27.7 Å². The van der Waals surface area contributed by atoms with Gasteiger partial charge in [-0.1, -0.05) is 13.8 Å². The maximum absolute atomic E-state index is 14.4. The van der Waals surface area contributed by atoms with Crippen molar-refractivity contribution in [2.24, 2.45) is 0 Å². The highest BCUT2D eigenvalue weighted by molar-refractivity contribution is 7.89. The van der Waals surface area contributed by atoms with Gasteiger partial charge in [-0.3, -0.25) is 14.4 Å². The van der Waals surface area contributed by atoms with Crippen molar-refractivity contribution < 1.29 is 27.2 Å². The minimum Gasteiger partial charge on any atom is -0.346 e. The molecule has 0 aromatic heterocycles. The summed E-state index contributed by atoms with van der Waals surface area (Å²) < 4.78 is 41.0.